The van der Waals surface area contributed by atoms with Gasteiger partial charge >= 0.3 is 0 Å². The molecule has 1 aliphatic carbocycles. The van der Waals surface area contributed by atoms with E-state index in [4.69, 9.17) is 10.5 Å². The van der Waals surface area contributed by atoms with E-state index in [1.54, 1.807) is 0 Å². The smallest absolute Gasteiger partial charge is 0.119 e. The number of benzene rings is 1. The Morgan fingerprint density at radius 2 is 1.81 bits per heavy atom. The fourth-order valence-corrected chi connectivity index (χ4v) is 2.58. The highest BCUT2D eigenvalue weighted by Crippen LogP contribution is 2.18. The van der Waals surface area contributed by atoms with Gasteiger partial charge in [0.15, 0.2) is 0 Å². The van der Waals surface area contributed by atoms with Gasteiger partial charge in [0.1, 0.15) is 5.75 Å². The first-order valence-corrected chi connectivity index (χ1v) is 9.97. The zero-order valence-corrected chi connectivity index (χ0v) is 16.8. The van der Waals surface area contributed by atoms with Gasteiger partial charge in [0, 0.05) is 5.54 Å². The molecule has 0 fully saturated rings. The summed E-state index contributed by atoms with van der Waals surface area (Å²) < 4.78 is 5.80. The fourth-order valence-electron chi connectivity index (χ4n) is 2.58. The third-order valence-corrected chi connectivity index (χ3v) is 4.22. The van der Waals surface area contributed by atoms with Crippen LogP contribution < -0.4 is 10.5 Å². The Kier molecular flexibility index (Phi) is 11.0. The highest BCUT2D eigenvalue weighted by atomic mass is 16.5. The predicted octanol–water partition coefficient (Wildman–Crippen LogP) is 5.18. The van der Waals surface area contributed by atoms with Crippen molar-refractivity contribution >= 4 is 0 Å². The summed E-state index contributed by atoms with van der Waals surface area (Å²) >= 11 is 0. The zero-order valence-electron chi connectivity index (χ0n) is 16.8. The van der Waals surface area contributed by atoms with E-state index >= 15 is 0 Å². The van der Waals surface area contributed by atoms with Gasteiger partial charge in [-0.2, -0.15) is 0 Å². The maximum Gasteiger partial charge on any atom is 0.119 e. The first-order chi connectivity index (χ1) is 12.5. The van der Waals surface area contributed by atoms with E-state index in [-0.39, 0.29) is 6.61 Å². The van der Waals surface area contributed by atoms with Crippen molar-refractivity contribution in [2.75, 3.05) is 13.2 Å². The van der Waals surface area contributed by atoms with E-state index in [0.29, 0.717) is 0 Å². The van der Waals surface area contributed by atoms with Crippen molar-refractivity contribution in [2.24, 2.45) is 5.73 Å². The van der Waals surface area contributed by atoms with Gasteiger partial charge < -0.3 is 15.6 Å². The van der Waals surface area contributed by atoms with Crippen molar-refractivity contribution in [3.63, 3.8) is 0 Å². The van der Waals surface area contributed by atoms with Gasteiger partial charge in [-0.15, -0.1) is 0 Å². The number of hydrogen-bond donors (Lipinski definition) is 2. The lowest BCUT2D eigenvalue weighted by molar-refractivity contribution is 0.200. The summed E-state index contributed by atoms with van der Waals surface area (Å²) in [6, 6.07) is 8.19. The minimum Gasteiger partial charge on any atom is -0.494 e. The van der Waals surface area contributed by atoms with Crippen LogP contribution in [-0.4, -0.2) is 23.9 Å². The number of nitrogens with two attached hydrogens (primary N) is 1. The van der Waals surface area contributed by atoms with E-state index in [2.05, 4.69) is 44.2 Å². The summed E-state index contributed by atoms with van der Waals surface area (Å²) in [5.74, 6) is 0.916. The summed E-state index contributed by atoms with van der Waals surface area (Å²) in [5, 5.41) is 9.18. The SMILES string of the molecule is CC(N)(CO)CCc1ccc(OCCCC2=CCCC=C2)cc1.CCC. The molecule has 0 spiro atoms. The Hall–Kier alpha value is -1.58. The molecule has 0 saturated carbocycles. The summed E-state index contributed by atoms with van der Waals surface area (Å²) in [6.07, 6.45) is 14.2. The Morgan fingerprint density at radius 1 is 1.12 bits per heavy atom. The number of hydrogen-bond acceptors (Lipinski definition) is 3. The van der Waals surface area contributed by atoms with Crippen LogP contribution in [0.1, 0.15) is 64.9 Å². The monoisotopic (exact) mass is 359 g/mol. The number of aryl methyl sites for hydroxylation is 1. The van der Waals surface area contributed by atoms with Crippen molar-refractivity contribution < 1.29 is 9.84 Å². The standard InChI is InChI=1S/C20H29NO2.C3H8/c1-20(21,16-22)14-13-18-9-11-19(12-10-18)23-15-5-8-17-6-3-2-4-7-17;1-3-2/h3,6-7,9-12,22H,2,4-5,8,13-16,21H2,1H3;3H2,1-2H3. The summed E-state index contributed by atoms with van der Waals surface area (Å²) in [7, 11) is 0. The zero-order chi connectivity index (χ0) is 19.3. The van der Waals surface area contributed by atoms with Gasteiger partial charge in [0.25, 0.3) is 0 Å². The predicted molar refractivity (Wildman–Crippen MR) is 112 cm³/mol. The molecule has 26 heavy (non-hydrogen) atoms. The van der Waals surface area contributed by atoms with Crippen LogP contribution >= 0.6 is 0 Å². The summed E-state index contributed by atoms with van der Waals surface area (Å²) in [4.78, 5) is 0. The van der Waals surface area contributed by atoms with Crippen molar-refractivity contribution in [3.05, 3.63) is 53.6 Å². The highest BCUT2D eigenvalue weighted by Gasteiger charge is 2.16. The molecule has 0 saturated heterocycles. The number of rotatable bonds is 9. The lowest BCUT2D eigenvalue weighted by atomic mass is 9.95. The normalized spacial score (nSPS) is 15.5. The molecule has 1 unspecified atom stereocenters. The van der Waals surface area contributed by atoms with Crippen LogP contribution in [0, 0.1) is 0 Å². The van der Waals surface area contributed by atoms with Gasteiger partial charge in [-0.3, -0.25) is 0 Å². The average Bonchev–Trinajstić information content (AvgIpc) is 2.66. The van der Waals surface area contributed by atoms with E-state index in [0.717, 1.165) is 38.0 Å². The summed E-state index contributed by atoms with van der Waals surface area (Å²) in [5.41, 5.74) is 8.11. The van der Waals surface area contributed by atoms with Gasteiger partial charge in [-0.05, 0) is 63.1 Å². The van der Waals surface area contributed by atoms with E-state index in [1.165, 1.54) is 30.4 Å². The largest absolute Gasteiger partial charge is 0.494 e. The Morgan fingerprint density at radius 3 is 2.38 bits per heavy atom. The van der Waals surface area contributed by atoms with Crippen LogP contribution in [0.2, 0.25) is 0 Å². The van der Waals surface area contributed by atoms with Gasteiger partial charge in [-0.25, -0.2) is 0 Å². The van der Waals surface area contributed by atoms with E-state index < -0.39 is 5.54 Å². The topological polar surface area (TPSA) is 55.5 Å². The van der Waals surface area contributed by atoms with Crippen molar-refractivity contribution in [2.45, 2.75) is 71.3 Å². The van der Waals surface area contributed by atoms with Gasteiger partial charge in [0.05, 0.1) is 13.2 Å². The molecule has 3 nitrogen and oxygen atoms in total. The van der Waals surface area contributed by atoms with Crippen LogP contribution in [-0.2, 0) is 6.42 Å². The van der Waals surface area contributed by atoms with Crippen LogP contribution in [0.5, 0.6) is 5.75 Å². The Labute approximate surface area is 160 Å². The molecule has 146 valence electrons. The van der Waals surface area contributed by atoms with Gasteiger partial charge in [-0.1, -0.05) is 56.2 Å². The van der Waals surface area contributed by atoms with Crippen LogP contribution in [0.15, 0.2) is 48.1 Å². The minimum absolute atomic E-state index is 0.0137. The Bertz CT molecular complexity index is 544. The molecule has 3 heteroatoms. The first kappa shape index (κ1) is 22.5. The molecule has 0 amide bonds. The maximum atomic E-state index is 9.18. The van der Waals surface area contributed by atoms with Crippen LogP contribution in [0.3, 0.4) is 0 Å². The molecule has 0 radical (unpaired) electrons. The molecule has 1 aliphatic rings. The molecule has 3 N–H and O–H groups in total. The van der Waals surface area contributed by atoms with Gasteiger partial charge in [0.2, 0.25) is 0 Å². The molecule has 1 aromatic rings. The van der Waals surface area contributed by atoms with E-state index in [9.17, 15) is 5.11 Å². The van der Waals surface area contributed by atoms with Crippen LogP contribution in [0.4, 0.5) is 0 Å². The minimum atomic E-state index is -0.503. The lowest BCUT2D eigenvalue weighted by Gasteiger charge is -2.21. The molecule has 2 rings (SSSR count). The van der Waals surface area contributed by atoms with Crippen molar-refractivity contribution in [1.82, 2.24) is 0 Å². The molecule has 0 bridgehead atoms. The third-order valence-electron chi connectivity index (χ3n) is 4.22. The Balaban J connectivity index is 0.00000105. The average molecular weight is 360 g/mol. The lowest BCUT2D eigenvalue weighted by Crippen LogP contribution is -2.40. The first-order valence-electron chi connectivity index (χ1n) is 9.97. The van der Waals surface area contributed by atoms with Crippen molar-refractivity contribution in [1.29, 1.82) is 0 Å². The molecule has 0 aromatic heterocycles. The fraction of sp³-hybridized carbons (Fsp3) is 0.565. The second-order valence-electron chi connectivity index (χ2n) is 7.37. The summed E-state index contributed by atoms with van der Waals surface area (Å²) in [6.45, 7) is 6.89. The second kappa shape index (κ2) is 12.7. The quantitative estimate of drug-likeness (QED) is 0.597. The molecule has 1 atom stereocenters. The van der Waals surface area contributed by atoms with Crippen molar-refractivity contribution in [3.8, 4) is 5.75 Å². The number of allylic oxidation sites excluding steroid dienone is 4. The number of aliphatic hydroxyl groups is 1. The van der Waals surface area contributed by atoms with Crippen LogP contribution in [0.25, 0.3) is 0 Å². The maximum absolute atomic E-state index is 9.18. The second-order valence-corrected chi connectivity index (χ2v) is 7.37. The highest BCUT2D eigenvalue weighted by molar-refractivity contribution is 5.27. The molecule has 1 aromatic carbocycles. The number of ether oxygens (including phenoxy) is 1. The van der Waals surface area contributed by atoms with E-state index in [1.807, 2.05) is 19.1 Å². The molecule has 0 heterocycles. The molecule has 0 aliphatic heterocycles. The third kappa shape index (κ3) is 9.79. The molecular formula is C23H37NO2. The molecular weight excluding hydrogens is 322 g/mol. The number of aliphatic hydroxyl groups excluding tert-OH is 1.